The van der Waals surface area contributed by atoms with Gasteiger partial charge in [-0.25, -0.2) is 4.39 Å². The van der Waals surface area contributed by atoms with Gasteiger partial charge in [-0.1, -0.05) is 19.4 Å². The summed E-state index contributed by atoms with van der Waals surface area (Å²) in [5, 5.41) is 0. The largest absolute Gasteiger partial charge is 0.271 e. The van der Waals surface area contributed by atoms with Crippen molar-refractivity contribution in [3.8, 4) is 0 Å². The number of benzene rings is 1. The molecule has 0 aliphatic carbocycles. The molecule has 0 radical (unpaired) electrons. The van der Waals surface area contributed by atoms with Crippen LogP contribution in [-0.4, -0.2) is 0 Å². The maximum absolute atomic E-state index is 13.1. The normalized spacial score (nSPS) is 12.9. The van der Waals surface area contributed by atoms with Crippen LogP contribution in [-0.2, 0) is 0 Å². The van der Waals surface area contributed by atoms with Gasteiger partial charge < -0.3 is 0 Å². The fourth-order valence-electron chi connectivity index (χ4n) is 1.60. The summed E-state index contributed by atoms with van der Waals surface area (Å²) >= 11 is 0. The third kappa shape index (κ3) is 2.79. The Hall–Kier alpha value is -0.930. The molecule has 0 heterocycles. The molecule has 0 aliphatic heterocycles. The first-order valence-electron chi connectivity index (χ1n) is 4.90. The molecule has 1 unspecified atom stereocenters. The van der Waals surface area contributed by atoms with Crippen LogP contribution in [0.25, 0.3) is 0 Å². The maximum atomic E-state index is 13.1. The van der Waals surface area contributed by atoms with Crippen LogP contribution >= 0.6 is 0 Å². The van der Waals surface area contributed by atoms with Crippen molar-refractivity contribution in [3.63, 3.8) is 0 Å². The van der Waals surface area contributed by atoms with Crippen molar-refractivity contribution in [3.05, 3.63) is 35.1 Å². The van der Waals surface area contributed by atoms with E-state index in [1.807, 2.05) is 13.0 Å². The predicted octanol–water partition coefficient (Wildman–Crippen LogP) is 2.44. The van der Waals surface area contributed by atoms with E-state index in [0.29, 0.717) is 0 Å². The molecule has 0 saturated carbocycles. The molecule has 3 heteroatoms. The van der Waals surface area contributed by atoms with E-state index in [1.54, 1.807) is 0 Å². The van der Waals surface area contributed by atoms with Gasteiger partial charge in [0.1, 0.15) is 5.82 Å². The minimum Gasteiger partial charge on any atom is -0.271 e. The van der Waals surface area contributed by atoms with Crippen molar-refractivity contribution in [1.82, 2.24) is 5.43 Å². The minimum absolute atomic E-state index is 0.0504. The summed E-state index contributed by atoms with van der Waals surface area (Å²) in [7, 11) is 0. The van der Waals surface area contributed by atoms with Crippen LogP contribution in [0.4, 0.5) is 4.39 Å². The van der Waals surface area contributed by atoms with E-state index < -0.39 is 0 Å². The summed E-state index contributed by atoms with van der Waals surface area (Å²) in [5.41, 5.74) is 4.56. The molecule has 78 valence electrons. The zero-order chi connectivity index (χ0) is 10.6. The van der Waals surface area contributed by atoms with Gasteiger partial charge in [0, 0.05) is 6.04 Å². The van der Waals surface area contributed by atoms with Gasteiger partial charge in [-0.3, -0.25) is 11.3 Å². The van der Waals surface area contributed by atoms with Crippen molar-refractivity contribution in [2.75, 3.05) is 0 Å². The lowest BCUT2D eigenvalue weighted by molar-refractivity contribution is 0.505. The van der Waals surface area contributed by atoms with Crippen molar-refractivity contribution in [1.29, 1.82) is 0 Å². The Morgan fingerprint density at radius 3 is 2.64 bits per heavy atom. The third-order valence-corrected chi connectivity index (χ3v) is 2.25. The second-order valence-electron chi connectivity index (χ2n) is 3.57. The number of halogens is 1. The van der Waals surface area contributed by atoms with E-state index in [2.05, 4.69) is 12.3 Å². The van der Waals surface area contributed by atoms with Gasteiger partial charge in [0.05, 0.1) is 0 Å². The monoisotopic (exact) mass is 196 g/mol. The number of hydrogen-bond donors (Lipinski definition) is 2. The number of rotatable bonds is 4. The van der Waals surface area contributed by atoms with Gasteiger partial charge in [-0.15, -0.1) is 0 Å². The van der Waals surface area contributed by atoms with E-state index in [0.717, 1.165) is 24.0 Å². The highest BCUT2D eigenvalue weighted by molar-refractivity contribution is 5.26. The molecule has 1 rings (SSSR count). The van der Waals surface area contributed by atoms with Crippen LogP contribution in [0.15, 0.2) is 18.2 Å². The highest BCUT2D eigenvalue weighted by atomic mass is 19.1. The molecule has 1 aromatic rings. The lowest BCUT2D eigenvalue weighted by Gasteiger charge is -2.15. The lowest BCUT2D eigenvalue weighted by Crippen LogP contribution is -2.28. The quantitative estimate of drug-likeness (QED) is 0.573. The number of hydrazine groups is 1. The molecule has 0 spiro atoms. The van der Waals surface area contributed by atoms with Gasteiger partial charge in [0.15, 0.2) is 0 Å². The Morgan fingerprint density at radius 1 is 1.43 bits per heavy atom. The summed E-state index contributed by atoms with van der Waals surface area (Å²) in [4.78, 5) is 0. The molecule has 0 aromatic heterocycles. The molecule has 3 N–H and O–H groups in total. The van der Waals surface area contributed by atoms with E-state index in [-0.39, 0.29) is 11.9 Å². The Balaban J connectivity index is 2.91. The van der Waals surface area contributed by atoms with Crippen LogP contribution in [0.5, 0.6) is 0 Å². The average molecular weight is 196 g/mol. The molecule has 0 bridgehead atoms. The Morgan fingerprint density at radius 2 is 2.14 bits per heavy atom. The zero-order valence-corrected chi connectivity index (χ0v) is 8.68. The molecule has 0 amide bonds. The fourth-order valence-corrected chi connectivity index (χ4v) is 1.60. The summed E-state index contributed by atoms with van der Waals surface area (Å²) in [6.45, 7) is 3.96. The minimum atomic E-state index is -0.198. The molecule has 1 aromatic carbocycles. The topological polar surface area (TPSA) is 38.0 Å². The van der Waals surface area contributed by atoms with Crippen molar-refractivity contribution >= 4 is 0 Å². The molecule has 0 aliphatic rings. The third-order valence-electron chi connectivity index (χ3n) is 2.25. The van der Waals surface area contributed by atoms with Crippen LogP contribution in [0.2, 0.25) is 0 Å². The fraction of sp³-hybridized carbons (Fsp3) is 0.455. The zero-order valence-electron chi connectivity index (χ0n) is 8.68. The van der Waals surface area contributed by atoms with Crippen molar-refractivity contribution in [2.24, 2.45) is 5.84 Å². The predicted molar refractivity (Wildman–Crippen MR) is 56.1 cm³/mol. The molecule has 14 heavy (non-hydrogen) atoms. The second-order valence-corrected chi connectivity index (χ2v) is 3.57. The van der Waals surface area contributed by atoms with E-state index >= 15 is 0 Å². The van der Waals surface area contributed by atoms with Crippen LogP contribution in [0, 0.1) is 12.7 Å². The van der Waals surface area contributed by atoms with E-state index in [1.165, 1.54) is 12.1 Å². The number of hydrogen-bond acceptors (Lipinski definition) is 2. The van der Waals surface area contributed by atoms with E-state index in [4.69, 9.17) is 5.84 Å². The lowest BCUT2D eigenvalue weighted by atomic mass is 10.0. The first-order valence-corrected chi connectivity index (χ1v) is 4.90. The van der Waals surface area contributed by atoms with Gasteiger partial charge >= 0.3 is 0 Å². The SMILES string of the molecule is CCCC(NN)c1cc(C)cc(F)c1. The van der Waals surface area contributed by atoms with Crippen molar-refractivity contribution < 1.29 is 4.39 Å². The Labute approximate surface area is 84.3 Å². The molecular formula is C11H17FN2. The summed E-state index contributed by atoms with van der Waals surface area (Å²) in [5.74, 6) is 5.22. The number of aryl methyl sites for hydroxylation is 1. The van der Waals surface area contributed by atoms with Crippen molar-refractivity contribution in [2.45, 2.75) is 32.7 Å². The Kier molecular flexibility index (Phi) is 4.04. The average Bonchev–Trinajstić information content (AvgIpc) is 2.12. The molecule has 2 nitrogen and oxygen atoms in total. The standard InChI is InChI=1S/C11H17FN2/c1-3-4-11(14-13)9-5-8(2)6-10(12)7-9/h5-7,11,14H,3-4,13H2,1-2H3. The highest BCUT2D eigenvalue weighted by Gasteiger charge is 2.09. The maximum Gasteiger partial charge on any atom is 0.123 e. The van der Waals surface area contributed by atoms with E-state index in [9.17, 15) is 4.39 Å². The second kappa shape index (κ2) is 5.08. The van der Waals surface area contributed by atoms with Crippen LogP contribution < -0.4 is 11.3 Å². The van der Waals surface area contributed by atoms with Crippen LogP contribution in [0.3, 0.4) is 0 Å². The summed E-state index contributed by atoms with van der Waals surface area (Å²) in [6, 6.07) is 5.06. The summed E-state index contributed by atoms with van der Waals surface area (Å²) < 4.78 is 13.1. The molecule has 0 fully saturated rings. The van der Waals surface area contributed by atoms with Crippen LogP contribution in [0.1, 0.15) is 36.9 Å². The molecule has 1 atom stereocenters. The van der Waals surface area contributed by atoms with Gasteiger partial charge in [-0.2, -0.15) is 0 Å². The summed E-state index contributed by atoms with van der Waals surface area (Å²) in [6.07, 6.45) is 1.93. The highest BCUT2D eigenvalue weighted by Crippen LogP contribution is 2.19. The van der Waals surface area contributed by atoms with Gasteiger partial charge in [0.2, 0.25) is 0 Å². The number of nitrogens with two attached hydrogens (primary N) is 1. The Bertz CT molecular complexity index is 279. The molecule has 0 saturated heterocycles. The number of nitrogens with one attached hydrogen (secondary N) is 1. The van der Waals surface area contributed by atoms with Gasteiger partial charge in [0.25, 0.3) is 0 Å². The molecular weight excluding hydrogens is 179 g/mol. The first-order chi connectivity index (χ1) is 6.67. The van der Waals surface area contributed by atoms with Gasteiger partial charge in [-0.05, 0) is 36.6 Å². The smallest absolute Gasteiger partial charge is 0.123 e. The first kappa shape index (κ1) is 11.1.